The summed E-state index contributed by atoms with van der Waals surface area (Å²) in [5, 5.41) is 0. The van der Waals surface area contributed by atoms with Crippen LogP contribution < -0.4 is 4.90 Å². The van der Waals surface area contributed by atoms with E-state index in [4.69, 9.17) is 0 Å². The van der Waals surface area contributed by atoms with Crippen LogP contribution in [0.3, 0.4) is 0 Å². The summed E-state index contributed by atoms with van der Waals surface area (Å²) in [5.74, 6) is 0. The third-order valence-corrected chi connectivity index (χ3v) is 6.14. The van der Waals surface area contributed by atoms with Gasteiger partial charge < -0.3 is 4.90 Å². The molecule has 34 heavy (non-hydrogen) atoms. The minimum Gasteiger partial charge on any atom is -0.311 e. The van der Waals surface area contributed by atoms with Gasteiger partial charge in [-0.05, 0) is 76.9 Å². The lowest BCUT2D eigenvalue weighted by Gasteiger charge is -2.25. The van der Waals surface area contributed by atoms with E-state index in [1.807, 2.05) is 12.1 Å². The van der Waals surface area contributed by atoms with Crippen LogP contribution in [0.2, 0.25) is 0 Å². The van der Waals surface area contributed by atoms with Gasteiger partial charge in [-0.1, -0.05) is 107 Å². The maximum atomic E-state index is 3.51. The molecule has 1 nitrogen and oxygen atoms in total. The summed E-state index contributed by atoms with van der Waals surface area (Å²) in [6.07, 6.45) is 4.25. The van der Waals surface area contributed by atoms with Gasteiger partial charge in [0, 0.05) is 21.5 Å². The van der Waals surface area contributed by atoms with Crippen molar-refractivity contribution in [3.63, 3.8) is 0 Å². The van der Waals surface area contributed by atoms with Crippen LogP contribution in [0.1, 0.15) is 11.1 Å². The second-order valence-corrected chi connectivity index (χ2v) is 8.87. The van der Waals surface area contributed by atoms with E-state index in [9.17, 15) is 0 Å². The largest absolute Gasteiger partial charge is 0.311 e. The first-order chi connectivity index (χ1) is 16.8. The predicted molar refractivity (Wildman–Crippen MR) is 148 cm³/mol. The van der Waals surface area contributed by atoms with Gasteiger partial charge in [0.2, 0.25) is 0 Å². The Morgan fingerprint density at radius 2 is 1.12 bits per heavy atom. The summed E-state index contributed by atoms with van der Waals surface area (Å²) >= 11 is 3.50. The fourth-order valence-corrected chi connectivity index (χ4v) is 4.17. The minimum absolute atomic E-state index is 1.06. The highest BCUT2D eigenvalue weighted by Crippen LogP contribution is 2.34. The lowest BCUT2D eigenvalue weighted by atomic mass is 10.0. The minimum atomic E-state index is 1.06. The number of benzene rings is 5. The van der Waals surface area contributed by atoms with Crippen LogP contribution in [0.4, 0.5) is 17.1 Å². The van der Waals surface area contributed by atoms with Gasteiger partial charge in [-0.25, -0.2) is 0 Å². The number of halogens is 1. The second kappa shape index (κ2) is 10.4. The third kappa shape index (κ3) is 5.19. The molecule has 2 heteroatoms. The van der Waals surface area contributed by atoms with Crippen molar-refractivity contribution in [2.75, 3.05) is 4.90 Å². The van der Waals surface area contributed by atoms with E-state index >= 15 is 0 Å². The van der Waals surface area contributed by atoms with Gasteiger partial charge in [0.05, 0.1) is 0 Å². The highest BCUT2D eigenvalue weighted by molar-refractivity contribution is 9.10. The average molecular weight is 501 g/mol. The van der Waals surface area contributed by atoms with Crippen molar-refractivity contribution in [1.82, 2.24) is 0 Å². The summed E-state index contributed by atoms with van der Waals surface area (Å²) in [5.41, 5.74) is 7.84. The van der Waals surface area contributed by atoms with E-state index in [1.165, 1.54) is 0 Å². The van der Waals surface area contributed by atoms with Crippen LogP contribution in [0, 0.1) is 6.07 Å². The van der Waals surface area contributed by atoms with Crippen LogP contribution in [-0.4, -0.2) is 0 Å². The monoisotopic (exact) mass is 500 g/mol. The topological polar surface area (TPSA) is 3.24 Å². The molecule has 0 amide bonds. The zero-order valence-corrected chi connectivity index (χ0v) is 20.2. The van der Waals surface area contributed by atoms with Crippen LogP contribution in [-0.2, 0) is 0 Å². The van der Waals surface area contributed by atoms with Crippen molar-refractivity contribution >= 4 is 45.1 Å². The first kappa shape index (κ1) is 21.9. The molecule has 0 aliphatic rings. The zero-order valence-electron chi connectivity index (χ0n) is 18.6. The summed E-state index contributed by atoms with van der Waals surface area (Å²) in [6, 6.07) is 47.6. The van der Waals surface area contributed by atoms with E-state index in [2.05, 4.69) is 154 Å². The fourth-order valence-electron chi connectivity index (χ4n) is 3.90. The molecule has 0 spiro atoms. The molecule has 5 aromatic rings. The Labute approximate surface area is 209 Å². The summed E-state index contributed by atoms with van der Waals surface area (Å²) in [4.78, 5) is 2.27. The molecule has 163 valence electrons. The SMILES string of the molecule is Brc1ccc(-c2[c]c(C=Cc3ccc(N(c4ccccc4)c4ccccc4)cc3)ccc2)cc1. The Morgan fingerprint density at radius 1 is 0.529 bits per heavy atom. The normalized spacial score (nSPS) is 11.0. The summed E-state index contributed by atoms with van der Waals surface area (Å²) < 4.78 is 1.08. The Morgan fingerprint density at radius 3 is 1.74 bits per heavy atom. The molecule has 0 bridgehead atoms. The highest BCUT2D eigenvalue weighted by Gasteiger charge is 2.11. The van der Waals surface area contributed by atoms with Gasteiger partial charge in [0.1, 0.15) is 0 Å². The molecule has 5 aromatic carbocycles. The zero-order chi connectivity index (χ0) is 23.2. The molecule has 0 fully saturated rings. The molecular weight excluding hydrogens is 478 g/mol. The predicted octanol–water partition coefficient (Wildman–Crippen LogP) is 9.56. The van der Waals surface area contributed by atoms with E-state index in [0.717, 1.165) is 43.8 Å². The van der Waals surface area contributed by atoms with Gasteiger partial charge in [-0.2, -0.15) is 0 Å². The van der Waals surface area contributed by atoms with Crippen molar-refractivity contribution in [1.29, 1.82) is 0 Å². The number of rotatable bonds is 6. The van der Waals surface area contributed by atoms with Crippen molar-refractivity contribution in [3.8, 4) is 11.1 Å². The molecule has 0 aromatic heterocycles. The van der Waals surface area contributed by atoms with E-state index in [0.29, 0.717) is 0 Å². The number of nitrogens with zero attached hydrogens (tertiary/aromatic N) is 1. The fraction of sp³-hybridized carbons (Fsp3) is 0. The van der Waals surface area contributed by atoms with Crippen LogP contribution in [0.25, 0.3) is 23.3 Å². The van der Waals surface area contributed by atoms with Gasteiger partial charge in [0.25, 0.3) is 0 Å². The summed E-state index contributed by atoms with van der Waals surface area (Å²) in [6.45, 7) is 0. The lowest BCUT2D eigenvalue weighted by molar-refractivity contribution is 1.28. The third-order valence-electron chi connectivity index (χ3n) is 5.61. The van der Waals surface area contributed by atoms with Crippen LogP contribution in [0.15, 0.2) is 132 Å². The van der Waals surface area contributed by atoms with E-state index < -0.39 is 0 Å². The molecule has 0 N–H and O–H groups in total. The Balaban J connectivity index is 1.39. The van der Waals surface area contributed by atoms with Gasteiger partial charge in [0.15, 0.2) is 0 Å². The Hall–Kier alpha value is -3.88. The van der Waals surface area contributed by atoms with Gasteiger partial charge in [-0.3, -0.25) is 0 Å². The van der Waals surface area contributed by atoms with E-state index in [1.54, 1.807) is 0 Å². The molecule has 0 aliphatic heterocycles. The van der Waals surface area contributed by atoms with Crippen molar-refractivity contribution in [3.05, 3.63) is 149 Å². The smallest absolute Gasteiger partial charge is 0.0462 e. The molecule has 0 saturated heterocycles. The van der Waals surface area contributed by atoms with Crippen molar-refractivity contribution < 1.29 is 0 Å². The quantitative estimate of drug-likeness (QED) is 0.209. The summed E-state index contributed by atoms with van der Waals surface area (Å²) in [7, 11) is 0. The van der Waals surface area contributed by atoms with E-state index in [-0.39, 0.29) is 0 Å². The number of anilines is 3. The highest BCUT2D eigenvalue weighted by atomic mass is 79.9. The number of hydrogen-bond acceptors (Lipinski definition) is 1. The number of hydrogen-bond donors (Lipinski definition) is 0. The molecule has 0 atom stereocenters. The van der Waals surface area contributed by atoms with Crippen LogP contribution >= 0.6 is 15.9 Å². The molecular formula is C32H23BrN. The number of para-hydroxylation sites is 2. The Kier molecular flexibility index (Phi) is 6.69. The molecule has 0 unspecified atom stereocenters. The molecule has 5 rings (SSSR count). The molecule has 0 aliphatic carbocycles. The van der Waals surface area contributed by atoms with Gasteiger partial charge >= 0.3 is 0 Å². The van der Waals surface area contributed by atoms with Gasteiger partial charge in [-0.15, -0.1) is 0 Å². The first-order valence-electron chi connectivity index (χ1n) is 11.2. The molecule has 0 saturated carbocycles. The maximum Gasteiger partial charge on any atom is 0.0462 e. The molecule has 1 radical (unpaired) electrons. The average Bonchev–Trinajstić information content (AvgIpc) is 2.90. The first-order valence-corrected chi connectivity index (χ1v) is 12.0. The Bertz CT molecular complexity index is 1330. The maximum absolute atomic E-state index is 3.51. The standard InChI is InChI=1S/C32H23BrN/c33-29-20-18-27(19-21-29)28-9-7-8-26(24-28)15-14-25-16-22-32(23-17-25)34(30-10-3-1-4-11-30)31-12-5-2-6-13-31/h1-23H. The van der Waals surface area contributed by atoms with Crippen molar-refractivity contribution in [2.24, 2.45) is 0 Å². The van der Waals surface area contributed by atoms with Crippen LogP contribution in [0.5, 0.6) is 0 Å². The van der Waals surface area contributed by atoms with Crippen molar-refractivity contribution in [2.45, 2.75) is 0 Å². The molecule has 0 heterocycles. The lowest BCUT2D eigenvalue weighted by Crippen LogP contribution is -2.09. The second-order valence-electron chi connectivity index (χ2n) is 7.96.